The summed E-state index contributed by atoms with van der Waals surface area (Å²) in [5, 5.41) is 12.9. The number of likely N-dealkylation sites (N-methyl/N-ethyl adjacent to an activating group) is 1. The number of pyridine rings is 1. The van der Waals surface area contributed by atoms with E-state index in [9.17, 15) is 9.90 Å². The molecule has 3 rings (SSSR count). The molecule has 1 aliphatic carbocycles. The van der Waals surface area contributed by atoms with Crippen molar-refractivity contribution in [3.05, 3.63) is 29.6 Å². The zero-order valence-corrected chi connectivity index (χ0v) is 19.3. The summed E-state index contributed by atoms with van der Waals surface area (Å²) < 4.78 is 5.70. The molecule has 0 aromatic carbocycles. The van der Waals surface area contributed by atoms with Crippen LogP contribution in [0.5, 0.6) is 5.75 Å². The van der Waals surface area contributed by atoms with Crippen molar-refractivity contribution >= 4 is 11.7 Å². The molecule has 8 heteroatoms. The number of aryl methyl sites for hydroxylation is 1. The van der Waals surface area contributed by atoms with E-state index in [1.54, 1.807) is 32.2 Å². The van der Waals surface area contributed by atoms with Gasteiger partial charge < -0.3 is 20.1 Å². The molecular formula is C23H33N5O3. The van der Waals surface area contributed by atoms with Gasteiger partial charge in [-0.1, -0.05) is 0 Å². The summed E-state index contributed by atoms with van der Waals surface area (Å²) in [6.07, 6.45) is 4.44. The second kappa shape index (κ2) is 9.18. The molecule has 0 fully saturated rings. The smallest absolute Gasteiger partial charge is 0.242 e. The Morgan fingerprint density at radius 3 is 2.71 bits per heavy atom. The number of ether oxygens (including phenoxy) is 1. The summed E-state index contributed by atoms with van der Waals surface area (Å²) in [6, 6.07) is 3.23. The molecule has 1 atom stereocenters. The molecule has 1 aliphatic rings. The number of anilines is 1. The third-order valence-electron chi connectivity index (χ3n) is 5.19. The standard InChI is InChI=1S/C23H33N5O3/c1-14(2)25-22(29)15(3)28(6)21-17-8-7-9-18(17)26-20(27-21)19-12-16(10-11-24-19)31-13-23(4,5)30/h10-12,14-15,30H,7-9,13H2,1-6H3,(H,25,29)/t15-/m1/s1. The maximum Gasteiger partial charge on any atom is 0.242 e. The van der Waals surface area contributed by atoms with Gasteiger partial charge in [0.2, 0.25) is 5.91 Å². The maximum absolute atomic E-state index is 12.6. The minimum Gasteiger partial charge on any atom is -0.490 e. The van der Waals surface area contributed by atoms with Crippen molar-refractivity contribution in [1.82, 2.24) is 20.3 Å². The number of nitrogens with zero attached hydrogens (tertiary/aromatic N) is 4. The van der Waals surface area contributed by atoms with Crippen LogP contribution in [-0.2, 0) is 17.6 Å². The monoisotopic (exact) mass is 427 g/mol. The van der Waals surface area contributed by atoms with Gasteiger partial charge in [0, 0.05) is 36.6 Å². The van der Waals surface area contributed by atoms with Gasteiger partial charge in [-0.3, -0.25) is 9.78 Å². The Morgan fingerprint density at radius 1 is 1.29 bits per heavy atom. The van der Waals surface area contributed by atoms with Crippen LogP contribution in [0.3, 0.4) is 0 Å². The molecule has 0 radical (unpaired) electrons. The van der Waals surface area contributed by atoms with E-state index in [0.29, 0.717) is 17.3 Å². The first kappa shape index (κ1) is 22.9. The van der Waals surface area contributed by atoms with Gasteiger partial charge in [-0.15, -0.1) is 0 Å². The van der Waals surface area contributed by atoms with Crippen LogP contribution in [0.2, 0.25) is 0 Å². The lowest BCUT2D eigenvalue weighted by Crippen LogP contribution is -2.46. The number of nitrogens with one attached hydrogen (secondary N) is 1. The van der Waals surface area contributed by atoms with Crippen LogP contribution in [-0.4, -0.2) is 57.3 Å². The fraction of sp³-hybridized carbons (Fsp3) is 0.565. The molecule has 168 valence electrons. The van der Waals surface area contributed by atoms with Crippen molar-refractivity contribution in [3.63, 3.8) is 0 Å². The number of aromatic nitrogens is 3. The lowest BCUT2D eigenvalue weighted by atomic mass is 10.1. The van der Waals surface area contributed by atoms with Crippen LogP contribution in [0.25, 0.3) is 11.5 Å². The van der Waals surface area contributed by atoms with Crippen LogP contribution < -0.4 is 15.0 Å². The number of hydrogen-bond acceptors (Lipinski definition) is 7. The molecule has 2 aromatic heterocycles. The molecule has 0 bridgehead atoms. The summed E-state index contributed by atoms with van der Waals surface area (Å²) in [4.78, 5) is 28.5. The molecule has 2 heterocycles. The molecule has 31 heavy (non-hydrogen) atoms. The third-order valence-corrected chi connectivity index (χ3v) is 5.19. The summed E-state index contributed by atoms with van der Waals surface area (Å²) >= 11 is 0. The minimum atomic E-state index is -0.934. The van der Waals surface area contributed by atoms with Gasteiger partial charge in [0.1, 0.15) is 29.9 Å². The van der Waals surface area contributed by atoms with Crippen molar-refractivity contribution in [2.75, 3.05) is 18.6 Å². The number of carbonyl (C=O) groups excluding carboxylic acids is 1. The molecule has 0 aliphatic heterocycles. The van der Waals surface area contributed by atoms with Gasteiger partial charge in [-0.2, -0.15) is 0 Å². The molecule has 1 amide bonds. The van der Waals surface area contributed by atoms with Gasteiger partial charge in [-0.25, -0.2) is 9.97 Å². The summed E-state index contributed by atoms with van der Waals surface area (Å²) in [7, 11) is 1.89. The van der Waals surface area contributed by atoms with Crippen LogP contribution in [0.4, 0.5) is 5.82 Å². The Labute approximate surface area is 184 Å². The van der Waals surface area contributed by atoms with E-state index < -0.39 is 5.60 Å². The van der Waals surface area contributed by atoms with Crippen molar-refractivity contribution in [3.8, 4) is 17.3 Å². The third kappa shape index (κ3) is 5.70. The van der Waals surface area contributed by atoms with Crippen LogP contribution >= 0.6 is 0 Å². The first-order valence-electron chi connectivity index (χ1n) is 10.8. The second-order valence-electron chi connectivity index (χ2n) is 9.08. The van der Waals surface area contributed by atoms with Gasteiger partial charge in [0.15, 0.2) is 5.82 Å². The Hall–Kier alpha value is -2.74. The summed E-state index contributed by atoms with van der Waals surface area (Å²) in [5.41, 5.74) is 1.77. The van der Waals surface area contributed by atoms with Crippen molar-refractivity contribution in [1.29, 1.82) is 0 Å². The zero-order chi connectivity index (χ0) is 22.8. The predicted molar refractivity (Wildman–Crippen MR) is 120 cm³/mol. The van der Waals surface area contributed by atoms with E-state index in [0.717, 1.165) is 36.3 Å². The lowest BCUT2D eigenvalue weighted by molar-refractivity contribution is -0.122. The fourth-order valence-electron chi connectivity index (χ4n) is 3.47. The molecule has 2 aromatic rings. The Morgan fingerprint density at radius 2 is 2.03 bits per heavy atom. The highest BCUT2D eigenvalue weighted by Crippen LogP contribution is 2.32. The highest BCUT2D eigenvalue weighted by Gasteiger charge is 2.27. The number of aliphatic hydroxyl groups is 1. The van der Waals surface area contributed by atoms with Gasteiger partial charge in [0.25, 0.3) is 0 Å². The Kier molecular flexibility index (Phi) is 6.79. The van der Waals surface area contributed by atoms with E-state index in [1.807, 2.05) is 32.7 Å². The highest BCUT2D eigenvalue weighted by molar-refractivity contribution is 5.85. The van der Waals surface area contributed by atoms with E-state index in [4.69, 9.17) is 14.7 Å². The fourth-order valence-corrected chi connectivity index (χ4v) is 3.47. The lowest BCUT2D eigenvalue weighted by Gasteiger charge is -2.28. The zero-order valence-electron chi connectivity index (χ0n) is 19.3. The quantitative estimate of drug-likeness (QED) is 0.668. The first-order chi connectivity index (χ1) is 14.5. The van der Waals surface area contributed by atoms with Crippen LogP contribution in [0.1, 0.15) is 52.3 Å². The average molecular weight is 428 g/mol. The van der Waals surface area contributed by atoms with Gasteiger partial charge >= 0.3 is 0 Å². The molecular weight excluding hydrogens is 394 g/mol. The van der Waals surface area contributed by atoms with Crippen molar-refractivity contribution in [2.45, 2.75) is 71.6 Å². The maximum atomic E-state index is 12.6. The van der Waals surface area contributed by atoms with Crippen LogP contribution in [0.15, 0.2) is 18.3 Å². The Bertz CT molecular complexity index is 939. The SMILES string of the molecule is CC(C)NC(=O)[C@@H](C)N(C)c1nc(-c2cc(OCC(C)(C)O)ccn2)nc2c1CCC2. The van der Waals surface area contributed by atoms with Crippen molar-refractivity contribution < 1.29 is 14.6 Å². The number of carbonyl (C=O) groups is 1. The number of rotatable bonds is 8. The average Bonchev–Trinajstić information content (AvgIpc) is 3.18. The molecule has 0 saturated carbocycles. The summed E-state index contributed by atoms with van der Waals surface area (Å²) in [6.45, 7) is 9.32. The minimum absolute atomic E-state index is 0.0375. The normalized spacial score (nSPS) is 14.3. The number of fused-ring (bicyclic) bond motifs is 1. The first-order valence-corrected chi connectivity index (χ1v) is 10.8. The van der Waals surface area contributed by atoms with Crippen LogP contribution in [0, 0.1) is 0 Å². The largest absolute Gasteiger partial charge is 0.490 e. The second-order valence-corrected chi connectivity index (χ2v) is 9.08. The number of amides is 1. The highest BCUT2D eigenvalue weighted by atomic mass is 16.5. The predicted octanol–water partition coefficient (Wildman–Crippen LogP) is 2.53. The molecule has 0 unspecified atom stereocenters. The topological polar surface area (TPSA) is 100 Å². The van der Waals surface area contributed by atoms with E-state index >= 15 is 0 Å². The summed E-state index contributed by atoms with van der Waals surface area (Å²) in [5.74, 6) is 1.83. The molecule has 0 spiro atoms. The molecule has 2 N–H and O–H groups in total. The molecule has 0 saturated heterocycles. The van der Waals surface area contributed by atoms with E-state index in [1.165, 1.54) is 0 Å². The Balaban J connectivity index is 1.93. The van der Waals surface area contributed by atoms with Crippen molar-refractivity contribution in [2.24, 2.45) is 0 Å². The number of hydrogen-bond donors (Lipinski definition) is 2. The van der Waals surface area contributed by atoms with Gasteiger partial charge in [-0.05, 0) is 59.9 Å². The molecule has 8 nitrogen and oxygen atoms in total. The van der Waals surface area contributed by atoms with E-state index in [2.05, 4.69) is 10.3 Å². The van der Waals surface area contributed by atoms with E-state index in [-0.39, 0.29) is 24.6 Å². The van der Waals surface area contributed by atoms with Gasteiger partial charge in [0.05, 0.1) is 5.60 Å².